The van der Waals surface area contributed by atoms with Crippen molar-refractivity contribution in [2.75, 3.05) is 19.8 Å². The zero-order valence-electron chi connectivity index (χ0n) is 48.0. The van der Waals surface area contributed by atoms with E-state index in [0.29, 0.717) is 39.1 Å². The quantitative estimate of drug-likeness (QED) is 0.0160. The van der Waals surface area contributed by atoms with E-state index in [9.17, 15) is 52.6 Å². The first kappa shape index (κ1) is 86.6. The van der Waals surface area contributed by atoms with Crippen LogP contribution in [-0.2, 0) is 63.3 Å². The molecule has 0 bridgehead atoms. The molecule has 3 atom stereocenters. The average Bonchev–Trinajstić information content (AvgIpc) is 3.30. The van der Waals surface area contributed by atoms with Crippen LogP contribution in [0.1, 0.15) is 135 Å². The summed E-state index contributed by atoms with van der Waals surface area (Å²) in [6, 6.07) is 23.5. The van der Waals surface area contributed by atoms with E-state index < -0.39 is 68.1 Å². The second-order valence-corrected chi connectivity index (χ2v) is 29.7. The second-order valence-electron chi connectivity index (χ2n) is 18.6. The minimum Gasteiger partial charge on any atom is -0.747 e. The number of hydrogen-bond donors (Lipinski definition) is 6. The normalized spacial score (nSPS) is 13.7. The molecule has 0 radical (unpaired) electrons. The van der Waals surface area contributed by atoms with Crippen LogP contribution >= 0.6 is 22.8 Å². The summed E-state index contributed by atoms with van der Waals surface area (Å²) in [5, 5.41) is 0. The molecule has 0 heterocycles. The number of hydrogen-bond acceptors (Lipinski definition) is 15. The number of aryl methyl sites for hydroxylation is 3. The molecule has 3 unspecified atom stereocenters. The van der Waals surface area contributed by atoms with Gasteiger partial charge in [-0.05, 0) is 168 Å². The van der Waals surface area contributed by atoms with Gasteiger partial charge in [0.1, 0.15) is 67.4 Å². The van der Waals surface area contributed by atoms with E-state index in [2.05, 4.69) is 20.8 Å². The predicted octanol–water partition coefficient (Wildman–Crippen LogP) is 0.563. The molecule has 0 aliphatic carbocycles. The fourth-order valence-corrected chi connectivity index (χ4v) is 14.3. The maximum atomic E-state index is 11.1. The second kappa shape index (κ2) is 43.9. The van der Waals surface area contributed by atoms with Crippen LogP contribution in [0.5, 0.6) is 17.2 Å². The van der Waals surface area contributed by atoms with Gasteiger partial charge < -0.3 is 57.2 Å². The molecule has 0 spiro atoms. The predicted molar refractivity (Wildman–Crippen MR) is 297 cm³/mol. The van der Waals surface area contributed by atoms with Gasteiger partial charge in [0.15, 0.2) is 15.0 Å². The standard InChI is InChI=1S/3C17H27O7PS.3K/c3*1-3-7-15-9-6-10-16(12-15)24-13-14(2)8-4-5-11-17(25(18,19)20)26(21,22)23;;;/h3*6,8-10,12,17H,3-5,7,11,13H2,1-2H3,(H2,18,19,20)(H,21,22,23);;;/q;;;3*+1/p-3/b3*14-8+;;;. The molecule has 3 aromatic rings. The van der Waals surface area contributed by atoms with Crippen LogP contribution in [0.15, 0.2) is 108 Å². The minimum atomic E-state index is -5.04. The van der Waals surface area contributed by atoms with Crippen molar-refractivity contribution >= 4 is 53.1 Å². The molecule has 0 saturated carbocycles. The number of allylic oxidation sites excluding steroid dienone is 3. The van der Waals surface area contributed by atoms with Gasteiger partial charge in [-0.15, -0.1) is 0 Å². The van der Waals surface area contributed by atoms with Crippen LogP contribution in [0.25, 0.3) is 0 Å². The van der Waals surface area contributed by atoms with Crippen LogP contribution < -0.4 is 168 Å². The molecule has 0 aliphatic rings. The molecule has 0 aliphatic heterocycles. The SMILES string of the molecule is CCCc1cccc(OC/C(C)=C/CCCC(P(=O)(O)O)S(=O)(=O)[O-])c1.CCCc1cccc(OC/C(C)=C/CCCC(P(=O)(O)O)S(=O)(=O)[O-])c1.CCCc1cccc(OC/C(C)=C/CCCC(P(=O)(O)O)S(=O)(=O)[O-])c1.[K+].[K+].[K+]. The van der Waals surface area contributed by atoms with Crippen molar-refractivity contribution < 1.29 is 250 Å². The van der Waals surface area contributed by atoms with Crippen LogP contribution in [0.2, 0.25) is 0 Å². The first-order chi connectivity index (χ1) is 36.1. The summed E-state index contributed by atoms with van der Waals surface area (Å²) >= 11 is 0. The summed E-state index contributed by atoms with van der Waals surface area (Å²) in [6.45, 7) is 12.9. The summed E-state index contributed by atoms with van der Waals surface area (Å²) in [7, 11) is -30.0. The molecule has 0 aromatic heterocycles. The molecule has 0 saturated heterocycles. The Bertz CT molecular complexity index is 2580. The van der Waals surface area contributed by atoms with Crippen LogP contribution in [0.4, 0.5) is 0 Å². The molecule has 0 fully saturated rings. The van der Waals surface area contributed by atoms with Gasteiger partial charge in [0.25, 0.3) is 0 Å². The van der Waals surface area contributed by atoms with Gasteiger partial charge in [-0.3, -0.25) is 13.7 Å². The van der Waals surface area contributed by atoms with Crippen LogP contribution in [-0.4, -0.2) is 103 Å². The maximum Gasteiger partial charge on any atom is 1.00 e. The zero-order valence-corrected chi connectivity index (χ0v) is 62.5. The molecule has 30 heteroatoms. The van der Waals surface area contributed by atoms with Gasteiger partial charge >= 0.3 is 177 Å². The molecule has 0 amide bonds. The molecule has 444 valence electrons. The van der Waals surface area contributed by atoms with Gasteiger partial charge in [-0.1, -0.05) is 94.7 Å². The number of ether oxygens (including phenoxy) is 3. The minimum absolute atomic E-state index is 0. The van der Waals surface area contributed by atoms with Crippen molar-refractivity contribution in [3.05, 3.63) is 124 Å². The van der Waals surface area contributed by atoms with Gasteiger partial charge in [-0.2, -0.15) is 0 Å². The Morgan fingerprint density at radius 2 is 0.679 bits per heavy atom. The largest absolute Gasteiger partial charge is 1.00 e. The molecule has 3 rings (SSSR count). The maximum absolute atomic E-state index is 11.1. The van der Waals surface area contributed by atoms with Crippen molar-refractivity contribution in [3.8, 4) is 17.2 Å². The average molecular weight is 1330 g/mol. The summed E-state index contributed by atoms with van der Waals surface area (Å²) in [6.07, 6.45) is 12.1. The Labute approximate surface area is 608 Å². The van der Waals surface area contributed by atoms with Crippen LogP contribution in [0, 0.1) is 0 Å². The molecule has 81 heavy (non-hydrogen) atoms. The van der Waals surface area contributed by atoms with Crippen molar-refractivity contribution in [3.63, 3.8) is 0 Å². The Hall–Kier alpha value is 1.37. The Balaban J connectivity index is -0.00000111. The van der Waals surface area contributed by atoms with Gasteiger partial charge in [0.2, 0.25) is 0 Å². The van der Waals surface area contributed by atoms with E-state index in [-0.39, 0.29) is 193 Å². The van der Waals surface area contributed by atoms with Gasteiger partial charge in [0, 0.05) is 0 Å². The molecular weight excluding hydrogens is 1250 g/mol. The van der Waals surface area contributed by atoms with E-state index in [0.717, 1.165) is 72.5 Å². The Kier molecular flexibility index (Phi) is 47.0. The third-order valence-corrected chi connectivity index (χ3v) is 21.8. The Morgan fingerprint density at radius 3 is 0.864 bits per heavy atom. The third kappa shape index (κ3) is 40.6. The molecule has 21 nitrogen and oxygen atoms in total. The summed E-state index contributed by atoms with van der Waals surface area (Å²) < 4.78 is 149. The molecule has 3 aromatic carbocycles. The summed E-state index contributed by atoms with van der Waals surface area (Å²) in [5.41, 5.74) is 6.33. The van der Waals surface area contributed by atoms with E-state index in [1.54, 1.807) is 0 Å². The van der Waals surface area contributed by atoms with E-state index in [1.807, 2.05) is 112 Å². The summed E-state index contributed by atoms with van der Waals surface area (Å²) in [5.74, 6) is 2.30. The van der Waals surface area contributed by atoms with Crippen molar-refractivity contribution in [2.45, 2.75) is 153 Å². The number of benzene rings is 3. The van der Waals surface area contributed by atoms with Crippen LogP contribution in [0.3, 0.4) is 0 Å². The van der Waals surface area contributed by atoms with E-state index in [1.165, 1.54) is 16.7 Å². The van der Waals surface area contributed by atoms with E-state index in [4.69, 9.17) is 43.6 Å². The van der Waals surface area contributed by atoms with Crippen molar-refractivity contribution in [1.82, 2.24) is 0 Å². The third-order valence-electron chi connectivity index (χ3n) is 11.3. The van der Waals surface area contributed by atoms with Crippen molar-refractivity contribution in [2.24, 2.45) is 0 Å². The summed E-state index contributed by atoms with van der Waals surface area (Å²) in [4.78, 5) is 47.4. The zero-order chi connectivity index (χ0) is 59.4. The first-order valence-corrected chi connectivity index (χ1v) is 34.7. The number of rotatable bonds is 33. The molecular formula is C51H78K3O21P3S3. The van der Waals surface area contributed by atoms with E-state index >= 15 is 0 Å². The van der Waals surface area contributed by atoms with Gasteiger partial charge in [-0.25, -0.2) is 25.3 Å². The number of unbranched alkanes of at least 4 members (excludes halogenated alkanes) is 3. The molecule has 6 N–H and O–H groups in total. The first-order valence-electron chi connectivity index (χ1n) is 25.2. The smallest absolute Gasteiger partial charge is 0.747 e. The fourth-order valence-electron chi connectivity index (χ4n) is 7.37. The fraction of sp³-hybridized carbons (Fsp3) is 0.529. The Morgan fingerprint density at radius 1 is 0.457 bits per heavy atom. The van der Waals surface area contributed by atoms with Crippen molar-refractivity contribution in [1.29, 1.82) is 0 Å². The monoisotopic (exact) mass is 1330 g/mol. The van der Waals surface area contributed by atoms with Gasteiger partial charge in [0.05, 0.1) is 0 Å². The topological polar surface area (TPSA) is 372 Å².